The van der Waals surface area contributed by atoms with Gasteiger partial charge in [-0.25, -0.2) is 0 Å². The number of rotatable bonds is 55. The van der Waals surface area contributed by atoms with Crippen molar-refractivity contribution >= 4 is 17.9 Å². The minimum absolute atomic E-state index is 0.0795. The first kappa shape index (κ1) is 67.8. The van der Waals surface area contributed by atoms with E-state index in [9.17, 15) is 14.4 Å². The third-order valence-corrected chi connectivity index (χ3v) is 13.2. The molecule has 0 heterocycles. The van der Waals surface area contributed by atoms with Gasteiger partial charge in [-0.05, 0) is 83.5 Å². The smallest absolute Gasteiger partial charge is 0.306 e. The summed E-state index contributed by atoms with van der Waals surface area (Å²) in [4.78, 5) is 38.2. The standard InChI is InChI=1S/C65H114O6/c1-4-7-10-13-16-19-22-25-27-29-30-31-32-33-34-36-37-40-43-46-49-52-55-58-64(67)70-61-62(60-69-63(66)57-54-51-48-45-42-39-24-21-18-15-12-9-6-3)71-65(68)59-56-53-50-47-44-41-38-35-28-26-23-20-17-14-11-8-5-2/h7,10,12,15-16,19,21,24-25,27,30-31,62H,4-6,8-9,11,13-14,17-18,20,22-23,26,28-29,32-61H2,1-3H3/b10-7-,15-12-,19-16-,24-21-,27-25-,31-30-. The van der Waals surface area contributed by atoms with Crippen molar-refractivity contribution in [2.24, 2.45) is 0 Å². The second kappa shape index (κ2) is 59.4. The van der Waals surface area contributed by atoms with Gasteiger partial charge in [0.2, 0.25) is 0 Å². The topological polar surface area (TPSA) is 78.9 Å². The molecule has 0 spiro atoms. The maximum absolute atomic E-state index is 12.9. The molecule has 0 bridgehead atoms. The van der Waals surface area contributed by atoms with Gasteiger partial charge >= 0.3 is 17.9 Å². The van der Waals surface area contributed by atoms with Crippen LogP contribution < -0.4 is 0 Å². The maximum Gasteiger partial charge on any atom is 0.306 e. The van der Waals surface area contributed by atoms with E-state index >= 15 is 0 Å². The van der Waals surface area contributed by atoms with E-state index in [1.165, 1.54) is 154 Å². The van der Waals surface area contributed by atoms with Crippen molar-refractivity contribution in [3.05, 3.63) is 72.9 Å². The van der Waals surface area contributed by atoms with E-state index in [1.54, 1.807) is 0 Å². The molecule has 0 radical (unpaired) electrons. The molecule has 6 nitrogen and oxygen atoms in total. The highest BCUT2D eigenvalue weighted by Gasteiger charge is 2.19. The van der Waals surface area contributed by atoms with E-state index in [4.69, 9.17) is 14.2 Å². The molecule has 0 aliphatic heterocycles. The summed E-state index contributed by atoms with van der Waals surface area (Å²) in [5.74, 6) is -0.884. The predicted molar refractivity (Wildman–Crippen MR) is 307 cm³/mol. The van der Waals surface area contributed by atoms with E-state index in [1.807, 2.05) is 0 Å². The van der Waals surface area contributed by atoms with Gasteiger partial charge in [-0.15, -0.1) is 0 Å². The van der Waals surface area contributed by atoms with Gasteiger partial charge in [-0.2, -0.15) is 0 Å². The molecule has 0 saturated carbocycles. The SMILES string of the molecule is CC/C=C\C/C=C\C/C=C\C/C=C\CCCCCCCCCCCCC(=O)OCC(COC(=O)CCCCCCC/C=C\C/C=C\CCC)OC(=O)CCCCCCCCCCCCCCCCCCC. The van der Waals surface area contributed by atoms with Gasteiger partial charge in [-0.1, -0.05) is 273 Å². The predicted octanol–water partition coefficient (Wildman–Crippen LogP) is 20.5. The third-order valence-electron chi connectivity index (χ3n) is 13.2. The highest BCUT2D eigenvalue weighted by molar-refractivity contribution is 5.71. The molecule has 1 atom stereocenters. The van der Waals surface area contributed by atoms with Crippen molar-refractivity contribution in [1.82, 2.24) is 0 Å². The molecule has 410 valence electrons. The molecule has 0 amide bonds. The zero-order valence-electron chi connectivity index (χ0n) is 47.0. The Morgan fingerprint density at radius 3 is 0.915 bits per heavy atom. The number of hydrogen-bond acceptors (Lipinski definition) is 6. The minimum atomic E-state index is -0.781. The lowest BCUT2D eigenvalue weighted by Crippen LogP contribution is -2.30. The fourth-order valence-electron chi connectivity index (χ4n) is 8.65. The molecular formula is C65H114O6. The van der Waals surface area contributed by atoms with Crippen molar-refractivity contribution in [3.8, 4) is 0 Å². The average molecular weight is 992 g/mol. The fraction of sp³-hybridized carbons (Fsp3) is 0.769. The lowest BCUT2D eigenvalue weighted by Gasteiger charge is -2.18. The second-order valence-electron chi connectivity index (χ2n) is 20.2. The number of unbranched alkanes of at least 4 members (excludes halogenated alkanes) is 32. The Balaban J connectivity index is 4.32. The monoisotopic (exact) mass is 991 g/mol. The first-order chi connectivity index (χ1) is 35.0. The van der Waals surface area contributed by atoms with Crippen molar-refractivity contribution in [2.45, 2.75) is 309 Å². The van der Waals surface area contributed by atoms with Gasteiger partial charge < -0.3 is 14.2 Å². The lowest BCUT2D eigenvalue weighted by atomic mass is 10.0. The van der Waals surface area contributed by atoms with E-state index in [0.29, 0.717) is 19.3 Å². The van der Waals surface area contributed by atoms with Crippen molar-refractivity contribution in [2.75, 3.05) is 13.2 Å². The Bertz CT molecular complexity index is 1320. The number of carbonyl (C=O) groups is 3. The summed E-state index contributed by atoms with van der Waals surface area (Å²) in [6, 6.07) is 0. The molecular weight excluding hydrogens is 877 g/mol. The summed E-state index contributed by atoms with van der Waals surface area (Å²) >= 11 is 0. The average Bonchev–Trinajstić information content (AvgIpc) is 3.37. The molecule has 0 aromatic heterocycles. The first-order valence-corrected chi connectivity index (χ1v) is 30.4. The first-order valence-electron chi connectivity index (χ1n) is 30.4. The fourth-order valence-corrected chi connectivity index (χ4v) is 8.65. The summed E-state index contributed by atoms with van der Waals surface area (Å²) in [5.41, 5.74) is 0. The third kappa shape index (κ3) is 57.6. The van der Waals surface area contributed by atoms with Crippen LogP contribution >= 0.6 is 0 Å². The molecule has 0 saturated heterocycles. The number of hydrogen-bond donors (Lipinski definition) is 0. The molecule has 0 aromatic carbocycles. The molecule has 0 fully saturated rings. The van der Waals surface area contributed by atoms with Gasteiger partial charge in [-0.3, -0.25) is 14.4 Å². The van der Waals surface area contributed by atoms with Crippen LogP contribution in [-0.4, -0.2) is 37.2 Å². The van der Waals surface area contributed by atoms with Gasteiger partial charge in [0.05, 0.1) is 0 Å². The van der Waals surface area contributed by atoms with Crippen LogP contribution in [-0.2, 0) is 28.6 Å². The largest absolute Gasteiger partial charge is 0.462 e. The number of ether oxygens (including phenoxy) is 3. The highest BCUT2D eigenvalue weighted by Crippen LogP contribution is 2.17. The van der Waals surface area contributed by atoms with Crippen molar-refractivity contribution < 1.29 is 28.6 Å². The van der Waals surface area contributed by atoms with Crippen molar-refractivity contribution in [3.63, 3.8) is 0 Å². The normalized spacial score (nSPS) is 12.5. The molecule has 0 aliphatic carbocycles. The Morgan fingerprint density at radius 2 is 0.577 bits per heavy atom. The van der Waals surface area contributed by atoms with Gasteiger partial charge in [0.15, 0.2) is 6.10 Å². The molecule has 0 N–H and O–H groups in total. The Morgan fingerprint density at radius 1 is 0.296 bits per heavy atom. The zero-order chi connectivity index (χ0) is 51.4. The minimum Gasteiger partial charge on any atom is -0.462 e. The Kier molecular flexibility index (Phi) is 56.8. The van der Waals surface area contributed by atoms with Crippen LogP contribution in [0.2, 0.25) is 0 Å². The van der Waals surface area contributed by atoms with E-state index < -0.39 is 6.10 Å². The maximum atomic E-state index is 12.9. The Labute approximate surface area is 440 Å². The summed E-state index contributed by atoms with van der Waals surface area (Å²) in [6.07, 6.45) is 76.1. The van der Waals surface area contributed by atoms with Gasteiger partial charge in [0.1, 0.15) is 13.2 Å². The van der Waals surface area contributed by atoms with Crippen LogP contribution in [0.15, 0.2) is 72.9 Å². The molecule has 0 aliphatic rings. The summed E-state index contributed by atoms with van der Waals surface area (Å²) < 4.78 is 16.9. The van der Waals surface area contributed by atoms with Crippen LogP contribution in [0, 0.1) is 0 Å². The lowest BCUT2D eigenvalue weighted by molar-refractivity contribution is -0.167. The summed E-state index contributed by atoms with van der Waals surface area (Å²) in [5, 5.41) is 0. The molecule has 71 heavy (non-hydrogen) atoms. The number of carbonyl (C=O) groups excluding carboxylic acids is 3. The molecule has 0 aromatic rings. The zero-order valence-corrected chi connectivity index (χ0v) is 47.0. The molecule has 1 unspecified atom stereocenters. The second-order valence-corrected chi connectivity index (χ2v) is 20.2. The summed E-state index contributed by atoms with van der Waals surface area (Å²) in [6.45, 7) is 6.48. The quantitative estimate of drug-likeness (QED) is 0.0261. The van der Waals surface area contributed by atoms with Crippen molar-refractivity contribution in [1.29, 1.82) is 0 Å². The number of allylic oxidation sites excluding steroid dienone is 12. The Hall–Kier alpha value is -3.15. The van der Waals surface area contributed by atoms with E-state index in [-0.39, 0.29) is 31.1 Å². The van der Waals surface area contributed by atoms with Crippen LogP contribution in [0.25, 0.3) is 0 Å². The molecule has 6 heteroatoms. The summed E-state index contributed by atoms with van der Waals surface area (Å²) in [7, 11) is 0. The van der Waals surface area contributed by atoms with Crippen LogP contribution in [0.3, 0.4) is 0 Å². The van der Waals surface area contributed by atoms with Crippen LogP contribution in [0.5, 0.6) is 0 Å². The highest BCUT2D eigenvalue weighted by atomic mass is 16.6. The van der Waals surface area contributed by atoms with Crippen LogP contribution in [0.1, 0.15) is 303 Å². The molecule has 0 rings (SSSR count). The number of esters is 3. The van der Waals surface area contributed by atoms with Gasteiger partial charge in [0.25, 0.3) is 0 Å². The van der Waals surface area contributed by atoms with Gasteiger partial charge in [0, 0.05) is 19.3 Å². The van der Waals surface area contributed by atoms with Crippen LogP contribution in [0.4, 0.5) is 0 Å². The van der Waals surface area contributed by atoms with E-state index in [0.717, 1.165) is 109 Å². The van der Waals surface area contributed by atoms with E-state index in [2.05, 4.69) is 93.7 Å².